The number of carbonyl (C=O) groups excluding carboxylic acids is 1. The molecule has 0 aliphatic carbocycles. The second-order valence-electron chi connectivity index (χ2n) is 6.86. The summed E-state index contributed by atoms with van der Waals surface area (Å²) in [5.74, 6) is 2.65. The second-order valence-corrected chi connectivity index (χ2v) is 6.86. The zero-order valence-electron chi connectivity index (χ0n) is 14.3. The van der Waals surface area contributed by atoms with Gasteiger partial charge in [0.2, 0.25) is 11.8 Å². The van der Waals surface area contributed by atoms with Crippen molar-refractivity contribution in [1.82, 2.24) is 24.6 Å². The Morgan fingerprint density at radius 1 is 1.19 bits per heavy atom. The highest BCUT2D eigenvalue weighted by molar-refractivity contribution is 5.79. The maximum atomic E-state index is 13.0. The van der Waals surface area contributed by atoms with Gasteiger partial charge in [-0.25, -0.2) is 14.6 Å². The Bertz CT molecular complexity index is 946. The highest BCUT2D eigenvalue weighted by atomic mass is 16.4. The highest BCUT2D eigenvalue weighted by Crippen LogP contribution is 2.28. The van der Waals surface area contributed by atoms with Gasteiger partial charge in [-0.2, -0.15) is 5.10 Å². The Labute approximate surface area is 150 Å². The topological polar surface area (TPSA) is 77.0 Å². The molecule has 1 atom stereocenters. The Kier molecular flexibility index (Phi) is 3.58. The standard InChI is InChI=1S/C19H19N5O2/c25-19(14-6-7-17-20-12-21-24(17)10-14)23-9-8-16-15(11-23)22-18(26-16)13-4-2-1-3-5-13/h1-5,12,14H,6-11H2. The number of oxazole rings is 1. The van der Waals surface area contributed by atoms with Crippen molar-refractivity contribution in [3.8, 4) is 11.5 Å². The van der Waals surface area contributed by atoms with Gasteiger partial charge in [0.25, 0.3) is 0 Å². The molecule has 7 heteroatoms. The minimum atomic E-state index is -0.0359. The molecule has 5 rings (SSSR count). The van der Waals surface area contributed by atoms with Crippen LogP contribution in [0.25, 0.3) is 11.5 Å². The molecule has 1 amide bonds. The van der Waals surface area contributed by atoms with Gasteiger partial charge in [-0.05, 0) is 18.6 Å². The Hall–Kier alpha value is -2.96. The number of hydrogen-bond acceptors (Lipinski definition) is 5. The lowest BCUT2D eigenvalue weighted by Crippen LogP contribution is -2.42. The Morgan fingerprint density at radius 2 is 2.08 bits per heavy atom. The van der Waals surface area contributed by atoms with E-state index in [9.17, 15) is 4.79 Å². The van der Waals surface area contributed by atoms with Crippen molar-refractivity contribution in [1.29, 1.82) is 0 Å². The minimum absolute atomic E-state index is 0.0359. The molecule has 1 aromatic carbocycles. The van der Waals surface area contributed by atoms with Crippen LogP contribution in [0.15, 0.2) is 41.1 Å². The van der Waals surface area contributed by atoms with E-state index in [-0.39, 0.29) is 11.8 Å². The van der Waals surface area contributed by atoms with Crippen molar-refractivity contribution in [3.63, 3.8) is 0 Å². The average molecular weight is 349 g/mol. The molecule has 3 aromatic rings. The molecule has 2 aromatic heterocycles. The van der Waals surface area contributed by atoms with Crippen molar-refractivity contribution in [2.75, 3.05) is 6.54 Å². The summed E-state index contributed by atoms with van der Waals surface area (Å²) in [6.45, 7) is 1.81. The molecule has 4 heterocycles. The quantitative estimate of drug-likeness (QED) is 0.708. The summed E-state index contributed by atoms with van der Waals surface area (Å²) in [7, 11) is 0. The molecule has 7 nitrogen and oxygen atoms in total. The van der Waals surface area contributed by atoms with Crippen molar-refractivity contribution in [2.24, 2.45) is 5.92 Å². The van der Waals surface area contributed by atoms with Gasteiger partial charge in [0.1, 0.15) is 23.6 Å². The Morgan fingerprint density at radius 3 is 2.96 bits per heavy atom. The molecule has 2 aliphatic rings. The number of benzene rings is 1. The van der Waals surface area contributed by atoms with Crippen LogP contribution in [0.5, 0.6) is 0 Å². The van der Waals surface area contributed by atoms with E-state index < -0.39 is 0 Å². The van der Waals surface area contributed by atoms with E-state index in [0.717, 1.165) is 35.7 Å². The Balaban J connectivity index is 1.33. The van der Waals surface area contributed by atoms with E-state index in [0.29, 0.717) is 31.9 Å². The lowest BCUT2D eigenvalue weighted by molar-refractivity contribution is -0.137. The number of fused-ring (bicyclic) bond motifs is 2. The number of hydrogen-bond donors (Lipinski definition) is 0. The van der Waals surface area contributed by atoms with Crippen LogP contribution in [-0.2, 0) is 30.7 Å². The average Bonchev–Trinajstić information content (AvgIpc) is 3.33. The summed E-state index contributed by atoms with van der Waals surface area (Å²) < 4.78 is 7.78. The number of nitrogens with zero attached hydrogens (tertiary/aromatic N) is 5. The fourth-order valence-electron chi connectivity index (χ4n) is 3.79. The van der Waals surface area contributed by atoms with Gasteiger partial charge in [0, 0.05) is 24.9 Å². The van der Waals surface area contributed by atoms with E-state index in [2.05, 4.69) is 15.1 Å². The van der Waals surface area contributed by atoms with Crippen molar-refractivity contribution in [2.45, 2.75) is 32.4 Å². The van der Waals surface area contributed by atoms with E-state index in [1.165, 1.54) is 0 Å². The summed E-state index contributed by atoms with van der Waals surface area (Å²) >= 11 is 0. The number of rotatable bonds is 2. The third-order valence-corrected chi connectivity index (χ3v) is 5.21. The number of amides is 1. The monoisotopic (exact) mass is 349 g/mol. The van der Waals surface area contributed by atoms with Crippen molar-refractivity contribution in [3.05, 3.63) is 53.9 Å². The molecule has 0 saturated heterocycles. The maximum Gasteiger partial charge on any atom is 0.227 e. The predicted octanol–water partition coefficient (Wildman–Crippen LogP) is 2.08. The first-order chi connectivity index (χ1) is 12.8. The van der Waals surface area contributed by atoms with E-state index in [4.69, 9.17) is 4.42 Å². The van der Waals surface area contributed by atoms with Gasteiger partial charge in [-0.15, -0.1) is 0 Å². The first kappa shape index (κ1) is 15.3. The largest absolute Gasteiger partial charge is 0.441 e. The smallest absolute Gasteiger partial charge is 0.227 e. The molecule has 132 valence electrons. The second kappa shape index (κ2) is 6.09. The van der Waals surface area contributed by atoms with Gasteiger partial charge < -0.3 is 9.32 Å². The summed E-state index contributed by atoms with van der Waals surface area (Å²) in [6.07, 6.45) is 3.91. The van der Waals surface area contributed by atoms with Gasteiger partial charge in [-0.3, -0.25) is 4.79 Å². The zero-order valence-corrected chi connectivity index (χ0v) is 14.3. The zero-order chi connectivity index (χ0) is 17.5. The van der Waals surface area contributed by atoms with Crippen LogP contribution < -0.4 is 0 Å². The van der Waals surface area contributed by atoms with Crippen molar-refractivity contribution >= 4 is 5.91 Å². The first-order valence-corrected chi connectivity index (χ1v) is 8.97. The molecular weight excluding hydrogens is 330 g/mol. The fraction of sp³-hybridized carbons (Fsp3) is 0.368. The van der Waals surface area contributed by atoms with Gasteiger partial charge >= 0.3 is 0 Å². The summed E-state index contributed by atoms with van der Waals surface area (Å²) in [6, 6.07) is 9.87. The van der Waals surface area contributed by atoms with Crippen LogP contribution >= 0.6 is 0 Å². The lowest BCUT2D eigenvalue weighted by Gasteiger charge is -2.31. The minimum Gasteiger partial charge on any atom is -0.441 e. The molecule has 0 N–H and O–H groups in total. The van der Waals surface area contributed by atoms with Crippen molar-refractivity contribution < 1.29 is 9.21 Å². The molecule has 0 spiro atoms. The summed E-state index contributed by atoms with van der Waals surface area (Å²) in [5.41, 5.74) is 1.84. The van der Waals surface area contributed by atoms with E-state index in [1.807, 2.05) is 39.9 Å². The van der Waals surface area contributed by atoms with Crippen LogP contribution in [0.4, 0.5) is 0 Å². The third-order valence-electron chi connectivity index (χ3n) is 5.21. The van der Waals surface area contributed by atoms with Gasteiger partial charge in [0.05, 0.1) is 19.0 Å². The summed E-state index contributed by atoms with van der Waals surface area (Å²) in [5, 5.41) is 4.21. The third kappa shape index (κ3) is 2.60. The van der Waals surface area contributed by atoms with Crippen LogP contribution in [-0.4, -0.2) is 37.1 Å². The molecule has 0 radical (unpaired) electrons. The van der Waals surface area contributed by atoms with Crippen LogP contribution in [0.2, 0.25) is 0 Å². The van der Waals surface area contributed by atoms with E-state index >= 15 is 0 Å². The number of carbonyl (C=O) groups is 1. The SMILES string of the molecule is O=C(C1CCc2ncnn2C1)N1CCc2oc(-c3ccccc3)nc2C1. The van der Waals surface area contributed by atoms with Crippen LogP contribution in [0.3, 0.4) is 0 Å². The molecule has 26 heavy (non-hydrogen) atoms. The van der Waals surface area contributed by atoms with Gasteiger partial charge in [0.15, 0.2) is 0 Å². The predicted molar refractivity (Wildman–Crippen MR) is 92.9 cm³/mol. The first-order valence-electron chi connectivity index (χ1n) is 8.97. The molecule has 0 bridgehead atoms. The molecule has 1 unspecified atom stereocenters. The fourth-order valence-corrected chi connectivity index (χ4v) is 3.79. The van der Waals surface area contributed by atoms with Crippen LogP contribution in [0, 0.1) is 5.92 Å². The van der Waals surface area contributed by atoms with Gasteiger partial charge in [-0.1, -0.05) is 18.2 Å². The molecule has 0 saturated carbocycles. The van der Waals surface area contributed by atoms with Crippen LogP contribution in [0.1, 0.15) is 23.7 Å². The molecule has 0 fully saturated rings. The number of aromatic nitrogens is 4. The molecule has 2 aliphatic heterocycles. The molecular formula is C19H19N5O2. The number of aryl methyl sites for hydroxylation is 1. The maximum absolute atomic E-state index is 13.0. The van der Waals surface area contributed by atoms with E-state index in [1.54, 1.807) is 6.33 Å². The normalized spacial score (nSPS) is 19.1. The summed E-state index contributed by atoms with van der Waals surface area (Å²) in [4.78, 5) is 23.8. The lowest BCUT2D eigenvalue weighted by atomic mass is 9.97. The highest BCUT2D eigenvalue weighted by Gasteiger charge is 2.32.